The van der Waals surface area contributed by atoms with E-state index in [1.54, 1.807) is 6.07 Å². The number of aryl methyl sites for hydroxylation is 2. The van der Waals surface area contributed by atoms with Gasteiger partial charge in [-0.2, -0.15) is 0 Å². The van der Waals surface area contributed by atoms with E-state index in [4.69, 9.17) is 9.47 Å². The van der Waals surface area contributed by atoms with Crippen LogP contribution in [0.4, 0.5) is 0 Å². The summed E-state index contributed by atoms with van der Waals surface area (Å²) in [4.78, 5) is 12.0. The maximum Gasteiger partial charge on any atom is 0.312 e. The molecule has 0 saturated heterocycles. The van der Waals surface area contributed by atoms with Crippen LogP contribution in [0.2, 0.25) is 0 Å². The first-order valence-electron chi connectivity index (χ1n) is 8.89. The van der Waals surface area contributed by atoms with E-state index in [1.807, 2.05) is 62.4 Å². The van der Waals surface area contributed by atoms with Crippen LogP contribution in [0.1, 0.15) is 34.6 Å². The van der Waals surface area contributed by atoms with Crippen LogP contribution >= 0.6 is 0 Å². The van der Waals surface area contributed by atoms with Crippen molar-refractivity contribution in [3.63, 3.8) is 0 Å². The number of para-hydroxylation sites is 1. The molecule has 3 aromatic rings. The molecule has 0 aromatic heterocycles. The summed E-state index contributed by atoms with van der Waals surface area (Å²) in [6.45, 7) is 4.05. The lowest BCUT2D eigenvalue weighted by Gasteiger charge is -2.25. The number of phenolic OH excluding ortho intramolecular Hbond substituents is 1. The topological polar surface area (TPSA) is 55.8 Å². The summed E-state index contributed by atoms with van der Waals surface area (Å²) in [5.74, 6) is 1.73. The van der Waals surface area contributed by atoms with Gasteiger partial charge in [0.15, 0.2) is 0 Å². The van der Waals surface area contributed by atoms with Gasteiger partial charge in [-0.05, 0) is 48.7 Å². The van der Waals surface area contributed by atoms with Crippen molar-refractivity contribution < 1.29 is 19.4 Å². The minimum Gasteiger partial charge on any atom is -0.508 e. The molecule has 1 heterocycles. The SMILES string of the molecule is Cc1cccc(C)c1Oc1ccc(C2CC(=O)Oc3cc(O)ccc32)cc1. The van der Waals surface area contributed by atoms with Crippen LogP contribution < -0.4 is 9.47 Å². The molecule has 0 aliphatic carbocycles. The number of fused-ring (bicyclic) bond motifs is 1. The summed E-state index contributed by atoms with van der Waals surface area (Å²) < 4.78 is 11.3. The van der Waals surface area contributed by atoms with Gasteiger partial charge in [-0.25, -0.2) is 0 Å². The number of benzene rings is 3. The molecule has 4 heteroatoms. The Morgan fingerprint density at radius 3 is 2.41 bits per heavy atom. The first kappa shape index (κ1) is 17.2. The zero-order valence-electron chi connectivity index (χ0n) is 15.2. The average Bonchev–Trinajstić information content (AvgIpc) is 2.64. The largest absolute Gasteiger partial charge is 0.508 e. The fourth-order valence-electron chi connectivity index (χ4n) is 3.48. The Labute approximate surface area is 158 Å². The van der Waals surface area contributed by atoms with E-state index in [9.17, 15) is 9.90 Å². The molecular formula is C23H20O4. The third kappa shape index (κ3) is 3.38. The van der Waals surface area contributed by atoms with Gasteiger partial charge in [-0.15, -0.1) is 0 Å². The highest BCUT2D eigenvalue weighted by molar-refractivity contribution is 5.78. The quantitative estimate of drug-likeness (QED) is 0.512. The van der Waals surface area contributed by atoms with Gasteiger partial charge in [0.05, 0.1) is 6.42 Å². The predicted octanol–water partition coefficient (Wildman–Crippen LogP) is 5.24. The molecule has 1 N–H and O–H groups in total. The van der Waals surface area contributed by atoms with Crippen LogP contribution in [0.3, 0.4) is 0 Å². The third-order valence-corrected chi connectivity index (χ3v) is 4.88. The molecule has 4 rings (SSSR count). The number of carbonyl (C=O) groups excluding carboxylic acids is 1. The molecule has 0 radical (unpaired) electrons. The molecule has 1 atom stereocenters. The Morgan fingerprint density at radius 2 is 1.70 bits per heavy atom. The summed E-state index contributed by atoms with van der Waals surface area (Å²) in [6, 6.07) is 18.8. The van der Waals surface area contributed by atoms with E-state index >= 15 is 0 Å². The van der Waals surface area contributed by atoms with Gasteiger partial charge in [-0.3, -0.25) is 4.79 Å². The van der Waals surface area contributed by atoms with Gasteiger partial charge in [0.2, 0.25) is 0 Å². The maximum atomic E-state index is 12.0. The minimum absolute atomic E-state index is 0.0829. The molecule has 1 unspecified atom stereocenters. The first-order chi connectivity index (χ1) is 13.0. The summed E-state index contributed by atoms with van der Waals surface area (Å²) in [6.07, 6.45) is 0.273. The van der Waals surface area contributed by atoms with Crippen LogP contribution in [0, 0.1) is 13.8 Å². The Hall–Kier alpha value is -3.27. The first-order valence-corrected chi connectivity index (χ1v) is 8.89. The van der Waals surface area contributed by atoms with Crippen molar-refractivity contribution in [1.82, 2.24) is 0 Å². The van der Waals surface area contributed by atoms with Gasteiger partial charge in [0.1, 0.15) is 23.0 Å². The molecule has 0 bridgehead atoms. The smallest absolute Gasteiger partial charge is 0.312 e. The lowest BCUT2D eigenvalue weighted by molar-refractivity contribution is -0.135. The zero-order chi connectivity index (χ0) is 19.0. The molecule has 136 valence electrons. The van der Waals surface area contributed by atoms with E-state index in [-0.39, 0.29) is 24.1 Å². The third-order valence-electron chi connectivity index (χ3n) is 4.88. The standard InChI is InChI=1S/C23H20O4/c1-14-4-3-5-15(2)23(14)26-18-9-6-16(7-10-18)20-13-22(25)27-21-12-17(24)8-11-19(20)21/h3-12,20,24H,13H2,1-2H3. The van der Waals surface area contributed by atoms with Gasteiger partial charge in [0.25, 0.3) is 0 Å². The number of hydrogen-bond donors (Lipinski definition) is 1. The van der Waals surface area contributed by atoms with Gasteiger partial charge in [0, 0.05) is 17.5 Å². The summed E-state index contributed by atoms with van der Waals surface area (Å²) >= 11 is 0. The molecule has 4 nitrogen and oxygen atoms in total. The van der Waals surface area contributed by atoms with Crippen LogP contribution in [0.25, 0.3) is 0 Å². The highest BCUT2D eigenvalue weighted by Gasteiger charge is 2.28. The summed E-state index contributed by atoms with van der Waals surface area (Å²) in [7, 11) is 0. The van der Waals surface area contributed by atoms with Gasteiger partial charge < -0.3 is 14.6 Å². The van der Waals surface area contributed by atoms with Crippen LogP contribution in [0.15, 0.2) is 60.7 Å². The van der Waals surface area contributed by atoms with Crippen molar-refractivity contribution in [3.8, 4) is 23.0 Å². The number of esters is 1. The van der Waals surface area contributed by atoms with Crippen molar-refractivity contribution in [1.29, 1.82) is 0 Å². The lowest BCUT2D eigenvalue weighted by Crippen LogP contribution is -2.20. The van der Waals surface area contributed by atoms with E-state index in [0.717, 1.165) is 33.8 Å². The maximum absolute atomic E-state index is 12.0. The van der Waals surface area contributed by atoms with Crippen molar-refractivity contribution in [2.75, 3.05) is 0 Å². The monoisotopic (exact) mass is 360 g/mol. The van der Waals surface area contributed by atoms with Gasteiger partial charge >= 0.3 is 5.97 Å². The fraction of sp³-hybridized carbons (Fsp3) is 0.174. The van der Waals surface area contributed by atoms with Crippen LogP contribution in [-0.2, 0) is 4.79 Å². The van der Waals surface area contributed by atoms with Crippen molar-refractivity contribution >= 4 is 5.97 Å². The molecule has 0 fully saturated rings. The molecule has 3 aromatic carbocycles. The zero-order valence-corrected chi connectivity index (χ0v) is 15.2. The van der Waals surface area contributed by atoms with Crippen molar-refractivity contribution in [3.05, 3.63) is 82.9 Å². The Balaban J connectivity index is 1.62. The molecular weight excluding hydrogens is 340 g/mol. The molecule has 0 saturated carbocycles. The van der Waals surface area contributed by atoms with Gasteiger partial charge in [-0.1, -0.05) is 36.4 Å². The van der Waals surface area contributed by atoms with Crippen LogP contribution in [-0.4, -0.2) is 11.1 Å². The van der Waals surface area contributed by atoms with Crippen LogP contribution in [0.5, 0.6) is 23.0 Å². The number of aromatic hydroxyl groups is 1. The summed E-state index contributed by atoms with van der Waals surface area (Å²) in [5, 5.41) is 9.64. The van der Waals surface area contributed by atoms with E-state index < -0.39 is 0 Å². The second-order valence-electron chi connectivity index (χ2n) is 6.84. The second kappa shape index (κ2) is 6.80. The number of carbonyl (C=O) groups is 1. The summed E-state index contributed by atoms with van der Waals surface area (Å²) in [5.41, 5.74) is 4.08. The second-order valence-corrected chi connectivity index (χ2v) is 6.84. The fourth-order valence-corrected chi connectivity index (χ4v) is 3.48. The predicted molar refractivity (Wildman–Crippen MR) is 103 cm³/mol. The highest BCUT2D eigenvalue weighted by atomic mass is 16.5. The van der Waals surface area contributed by atoms with E-state index in [1.165, 1.54) is 6.07 Å². The Kier molecular flexibility index (Phi) is 4.32. The van der Waals surface area contributed by atoms with Crippen molar-refractivity contribution in [2.24, 2.45) is 0 Å². The number of ether oxygens (including phenoxy) is 2. The minimum atomic E-state index is -0.297. The number of rotatable bonds is 3. The highest BCUT2D eigenvalue weighted by Crippen LogP contribution is 2.40. The van der Waals surface area contributed by atoms with E-state index in [2.05, 4.69) is 0 Å². The Bertz CT molecular complexity index is 985. The normalized spacial score (nSPS) is 15.8. The number of hydrogen-bond acceptors (Lipinski definition) is 4. The molecule has 0 spiro atoms. The average molecular weight is 360 g/mol. The lowest BCUT2D eigenvalue weighted by atomic mass is 9.86. The molecule has 1 aliphatic heterocycles. The number of phenols is 1. The molecule has 1 aliphatic rings. The molecule has 0 amide bonds. The van der Waals surface area contributed by atoms with E-state index in [0.29, 0.717) is 5.75 Å². The Morgan fingerprint density at radius 1 is 1.00 bits per heavy atom. The molecule has 27 heavy (non-hydrogen) atoms. The van der Waals surface area contributed by atoms with Crippen molar-refractivity contribution in [2.45, 2.75) is 26.2 Å².